The van der Waals surface area contributed by atoms with E-state index in [1.165, 1.54) is 0 Å². The Morgan fingerprint density at radius 3 is 2.52 bits per heavy atom. The van der Waals surface area contributed by atoms with Crippen LogP contribution in [0.15, 0.2) is 23.0 Å². The molecule has 0 bridgehead atoms. The fourth-order valence-corrected chi connectivity index (χ4v) is 2.65. The van der Waals surface area contributed by atoms with Gasteiger partial charge in [0.25, 0.3) is 0 Å². The second kappa shape index (κ2) is 8.10. The fourth-order valence-electron chi connectivity index (χ4n) is 2.65. The molecule has 0 amide bonds. The van der Waals surface area contributed by atoms with E-state index >= 15 is 0 Å². The van der Waals surface area contributed by atoms with Gasteiger partial charge < -0.3 is 19.9 Å². The Morgan fingerprint density at radius 1 is 1.22 bits per heavy atom. The number of hydrogen-bond donors (Lipinski definition) is 3. The Kier molecular flexibility index (Phi) is 6.15. The van der Waals surface area contributed by atoms with Gasteiger partial charge >= 0.3 is 0 Å². The molecule has 0 saturated heterocycles. The summed E-state index contributed by atoms with van der Waals surface area (Å²) in [6, 6.07) is 5.44. The lowest BCUT2D eigenvalue weighted by Crippen LogP contribution is -2.32. The molecule has 1 aromatic heterocycles. The molecule has 0 spiro atoms. The number of aromatic nitrogens is 1. The van der Waals surface area contributed by atoms with E-state index in [9.17, 15) is 4.79 Å². The van der Waals surface area contributed by atoms with Crippen LogP contribution < -0.4 is 10.2 Å². The summed E-state index contributed by atoms with van der Waals surface area (Å²) in [6.45, 7) is 5.49. The second-order valence-corrected chi connectivity index (χ2v) is 5.42. The minimum atomic E-state index is -0.0429. The molecule has 0 radical (unpaired) electrons. The molecular formula is C17H24N2O4. The molecule has 0 aliphatic heterocycles. The van der Waals surface area contributed by atoms with Crippen molar-refractivity contribution in [3.05, 3.63) is 39.7 Å². The standard InChI is InChI=1S/C17H24N2O4/c1-3-23-13-4-5-16-14(10-13)17(22)15(12(2)18-16)11-19(6-8-20)7-9-21/h4-5,10,20-21H,3,6-9,11H2,1-2H3,(H,18,22). The summed E-state index contributed by atoms with van der Waals surface area (Å²) in [6.07, 6.45) is 0. The molecule has 1 heterocycles. The number of H-pyrrole nitrogens is 1. The van der Waals surface area contributed by atoms with Crippen molar-refractivity contribution < 1.29 is 14.9 Å². The summed E-state index contributed by atoms with van der Waals surface area (Å²) in [7, 11) is 0. The van der Waals surface area contributed by atoms with Gasteiger partial charge in [-0.1, -0.05) is 0 Å². The van der Waals surface area contributed by atoms with Crippen molar-refractivity contribution in [1.82, 2.24) is 9.88 Å². The lowest BCUT2D eigenvalue weighted by atomic mass is 10.1. The van der Waals surface area contributed by atoms with Gasteiger partial charge in [-0.3, -0.25) is 9.69 Å². The van der Waals surface area contributed by atoms with E-state index in [-0.39, 0.29) is 18.6 Å². The first-order valence-corrected chi connectivity index (χ1v) is 7.83. The number of benzene rings is 1. The molecule has 23 heavy (non-hydrogen) atoms. The van der Waals surface area contributed by atoms with Crippen molar-refractivity contribution >= 4 is 10.9 Å². The summed E-state index contributed by atoms with van der Waals surface area (Å²) in [5.41, 5.74) is 2.18. The number of pyridine rings is 1. The number of aliphatic hydroxyl groups is 2. The van der Waals surface area contributed by atoms with Gasteiger partial charge in [0.1, 0.15) is 5.75 Å². The van der Waals surface area contributed by atoms with Crippen molar-refractivity contribution in [3.63, 3.8) is 0 Å². The van der Waals surface area contributed by atoms with E-state index in [2.05, 4.69) is 4.98 Å². The number of aliphatic hydroxyl groups excluding tert-OH is 2. The molecule has 1 aromatic carbocycles. The van der Waals surface area contributed by atoms with E-state index in [0.717, 1.165) is 11.2 Å². The third-order valence-corrected chi connectivity index (χ3v) is 3.81. The normalized spacial score (nSPS) is 11.3. The van der Waals surface area contributed by atoms with Gasteiger partial charge in [-0.2, -0.15) is 0 Å². The van der Waals surface area contributed by atoms with Crippen LogP contribution >= 0.6 is 0 Å². The maximum Gasteiger partial charge on any atom is 0.194 e. The summed E-state index contributed by atoms with van der Waals surface area (Å²) in [5, 5.41) is 18.8. The number of aromatic amines is 1. The highest BCUT2D eigenvalue weighted by molar-refractivity contribution is 5.81. The summed E-state index contributed by atoms with van der Waals surface area (Å²) in [4.78, 5) is 17.9. The molecule has 3 N–H and O–H groups in total. The van der Waals surface area contributed by atoms with Crippen molar-refractivity contribution in [2.45, 2.75) is 20.4 Å². The van der Waals surface area contributed by atoms with Crippen LogP contribution in [0.3, 0.4) is 0 Å². The summed E-state index contributed by atoms with van der Waals surface area (Å²) >= 11 is 0. The maximum absolute atomic E-state index is 12.8. The van der Waals surface area contributed by atoms with Crippen molar-refractivity contribution in [2.75, 3.05) is 32.9 Å². The summed E-state index contributed by atoms with van der Waals surface area (Å²) in [5.74, 6) is 0.669. The van der Waals surface area contributed by atoms with Gasteiger partial charge in [0.15, 0.2) is 5.43 Å². The van der Waals surface area contributed by atoms with Crippen molar-refractivity contribution in [2.24, 2.45) is 0 Å². The third-order valence-electron chi connectivity index (χ3n) is 3.81. The van der Waals surface area contributed by atoms with Crippen LogP contribution in [0.1, 0.15) is 18.2 Å². The highest BCUT2D eigenvalue weighted by Gasteiger charge is 2.14. The zero-order valence-corrected chi connectivity index (χ0v) is 13.6. The zero-order chi connectivity index (χ0) is 16.8. The predicted octanol–water partition coefficient (Wildman–Crippen LogP) is 1.02. The molecule has 6 heteroatoms. The van der Waals surface area contributed by atoms with E-state index in [0.29, 0.717) is 42.9 Å². The molecule has 2 rings (SSSR count). The maximum atomic E-state index is 12.8. The Hall–Kier alpha value is -1.89. The van der Waals surface area contributed by atoms with Crippen LogP contribution in [0.5, 0.6) is 5.75 Å². The Balaban J connectivity index is 2.44. The van der Waals surface area contributed by atoms with Crippen molar-refractivity contribution in [3.8, 4) is 5.75 Å². The monoisotopic (exact) mass is 320 g/mol. The van der Waals surface area contributed by atoms with Crippen LogP contribution in [-0.2, 0) is 6.54 Å². The lowest BCUT2D eigenvalue weighted by Gasteiger charge is -2.21. The predicted molar refractivity (Wildman–Crippen MR) is 89.9 cm³/mol. The van der Waals surface area contributed by atoms with Crippen LogP contribution in [0.2, 0.25) is 0 Å². The fraction of sp³-hybridized carbons (Fsp3) is 0.471. The summed E-state index contributed by atoms with van der Waals surface area (Å²) < 4.78 is 5.47. The van der Waals surface area contributed by atoms with Crippen LogP contribution in [0, 0.1) is 6.92 Å². The number of ether oxygens (including phenoxy) is 1. The molecule has 0 saturated carbocycles. The molecule has 6 nitrogen and oxygen atoms in total. The first-order chi connectivity index (χ1) is 11.1. The van der Waals surface area contributed by atoms with E-state index in [1.54, 1.807) is 6.07 Å². The van der Waals surface area contributed by atoms with Gasteiger partial charge in [0.2, 0.25) is 0 Å². The second-order valence-electron chi connectivity index (χ2n) is 5.42. The number of fused-ring (bicyclic) bond motifs is 1. The smallest absolute Gasteiger partial charge is 0.194 e. The first kappa shape index (κ1) is 17.5. The number of rotatable bonds is 8. The molecule has 126 valence electrons. The molecule has 0 atom stereocenters. The Labute approximate surface area is 135 Å². The van der Waals surface area contributed by atoms with Crippen LogP contribution in [-0.4, -0.2) is 53.0 Å². The zero-order valence-electron chi connectivity index (χ0n) is 13.6. The quantitative estimate of drug-likeness (QED) is 0.676. The largest absolute Gasteiger partial charge is 0.494 e. The third kappa shape index (κ3) is 4.10. The average molecular weight is 320 g/mol. The number of aryl methyl sites for hydroxylation is 1. The average Bonchev–Trinajstić information content (AvgIpc) is 2.53. The number of nitrogens with zero attached hydrogens (tertiary/aromatic N) is 1. The number of nitrogens with one attached hydrogen (secondary N) is 1. The van der Waals surface area contributed by atoms with E-state index in [4.69, 9.17) is 14.9 Å². The van der Waals surface area contributed by atoms with Gasteiger partial charge in [-0.05, 0) is 32.0 Å². The van der Waals surface area contributed by atoms with Crippen LogP contribution in [0.4, 0.5) is 0 Å². The minimum Gasteiger partial charge on any atom is -0.494 e. The molecule has 0 unspecified atom stereocenters. The molecule has 0 aliphatic carbocycles. The Bertz CT molecular complexity index is 706. The SMILES string of the molecule is CCOc1ccc2[nH]c(C)c(CN(CCO)CCO)c(=O)c2c1. The van der Waals surface area contributed by atoms with Gasteiger partial charge in [-0.15, -0.1) is 0 Å². The van der Waals surface area contributed by atoms with E-state index in [1.807, 2.05) is 30.9 Å². The van der Waals surface area contributed by atoms with Gasteiger partial charge in [-0.25, -0.2) is 0 Å². The van der Waals surface area contributed by atoms with Crippen molar-refractivity contribution in [1.29, 1.82) is 0 Å². The topological polar surface area (TPSA) is 85.8 Å². The molecular weight excluding hydrogens is 296 g/mol. The van der Waals surface area contributed by atoms with Gasteiger partial charge in [0, 0.05) is 41.8 Å². The van der Waals surface area contributed by atoms with E-state index < -0.39 is 0 Å². The Morgan fingerprint density at radius 2 is 1.91 bits per heavy atom. The number of hydrogen-bond acceptors (Lipinski definition) is 5. The molecule has 2 aromatic rings. The highest BCUT2D eigenvalue weighted by Crippen LogP contribution is 2.19. The minimum absolute atomic E-state index is 0.0149. The van der Waals surface area contributed by atoms with Gasteiger partial charge in [0.05, 0.1) is 19.8 Å². The molecule has 0 fully saturated rings. The molecule has 0 aliphatic rings. The highest BCUT2D eigenvalue weighted by atomic mass is 16.5. The lowest BCUT2D eigenvalue weighted by molar-refractivity contribution is 0.155. The van der Waals surface area contributed by atoms with Crippen LogP contribution in [0.25, 0.3) is 10.9 Å². The first-order valence-electron chi connectivity index (χ1n) is 7.83.